The lowest BCUT2D eigenvalue weighted by atomic mass is 10.1. The maximum absolute atomic E-state index is 12.4. The Morgan fingerprint density at radius 3 is 2.32 bits per heavy atom. The van der Waals surface area contributed by atoms with Crippen LogP contribution in [0.2, 0.25) is 0 Å². The normalized spacial score (nSPS) is 10.7. The lowest BCUT2D eigenvalue weighted by molar-refractivity contribution is -0.112. The summed E-state index contributed by atoms with van der Waals surface area (Å²) in [5.41, 5.74) is 4.01. The maximum atomic E-state index is 12.4. The zero-order chi connectivity index (χ0) is 18.1. The SMILES string of the molecule is Cc1nc(-c2ccc(NC(=O)C(=O)c3c(C)nn(C)c3C)cc2)cs1. The fourth-order valence-corrected chi connectivity index (χ4v) is 3.25. The summed E-state index contributed by atoms with van der Waals surface area (Å²) in [6.07, 6.45) is 0. The van der Waals surface area contributed by atoms with Crippen molar-refractivity contribution in [2.75, 3.05) is 5.32 Å². The van der Waals surface area contributed by atoms with E-state index in [0.717, 1.165) is 16.3 Å². The van der Waals surface area contributed by atoms with Crippen LogP contribution in [0.4, 0.5) is 5.69 Å². The molecule has 1 aromatic carbocycles. The van der Waals surface area contributed by atoms with Crippen LogP contribution in [0.3, 0.4) is 0 Å². The van der Waals surface area contributed by atoms with E-state index in [1.807, 2.05) is 24.4 Å². The first kappa shape index (κ1) is 17.0. The molecule has 1 N–H and O–H groups in total. The number of ketones is 1. The first-order valence-corrected chi connectivity index (χ1v) is 8.63. The third-order valence-electron chi connectivity index (χ3n) is 4.00. The van der Waals surface area contributed by atoms with Gasteiger partial charge in [-0.2, -0.15) is 5.10 Å². The molecule has 0 bridgehead atoms. The Labute approximate surface area is 149 Å². The van der Waals surface area contributed by atoms with Crippen LogP contribution in [0.25, 0.3) is 11.3 Å². The predicted octanol–water partition coefficient (Wildman–Crippen LogP) is 3.29. The molecule has 1 amide bonds. The molecule has 0 spiro atoms. The average molecular weight is 354 g/mol. The summed E-state index contributed by atoms with van der Waals surface area (Å²) >= 11 is 1.59. The highest BCUT2D eigenvalue weighted by atomic mass is 32.1. The van der Waals surface area contributed by atoms with Crippen molar-refractivity contribution in [1.82, 2.24) is 14.8 Å². The average Bonchev–Trinajstić information content (AvgIpc) is 3.11. The summed E-state index contributed by atoms with van der Waals surface area (Å²) in [6.45, 7) is 5.44. The minimum absolute atomic E-state index is 0.356. The number of nitrogens with zero attached hydrogens (tertiary/aromatic N) is 3. The highest BCUT2D eigenvalue weighted by Crippen LogP contribution is 2.23. The van der Waals surface area contributed by atoms with Gasteiger partial charge < -0.3 is 5.32 Å². The fraction of sp³-hybridized carbons (Fsp3) is 0.222. The minimum Gasteiger partial charge on any atom is -0.319 e. The number of aromatic nitrogens is 3. The zero-order valence-electron chi connectivity index (χ0n) is 14.5. The molecule has 7 heteroatoms. The molecule has 2 heterocycles. The van der Waals surface area contributed by atoms with Crippen LogP contribution in [0.5, 0.6) is 0 Å². The van der Waals surface area contributed by atoms with E-state index in [4.69, 9.17) is 0 Å². The monoisotopic (exact) mass is 354 g/mol. The van der Waals surface area contributed by atoms with E-state index in [2.05, 4.69) is 15.4 Å². The molecule has 25 heavy (non-hydrogen) atoms. The molecule has 3 aromatic rings. The zero-order valence-corrected chi connectivity index (χ0v) is 15.3. The van der Waals surface area contributed by atoms with Gasteiger partial charge >= 0.3 is 0 Å². The van der Waals surface area contributed by atoms with E-state index < -0.39 is 11.7 Å². The summed E-state index contributed by atoms with van der Waals surface area (Å²) in [6, 6.07) is 7.26. The van der Waals surface area contributed by atoms with Crippen molar-refractivity contribution >= 4 is 28.7 Å². The Hall–Kier alpha value is -2.80. The standard InChI is InChI=1S/C18H18N4O2S/c1-10-16(11(2)22(4)21-10)17(23)18(24)20-14-7-5-13(6-8-14)15-9-25-12(3)19-15/h5-9H,1-4H3,(H,20,24). The molecule has 0 unspecified atom stereocenters. The Morgan fingerprint density at radius 2 is 1.80 bits per heavy atom. The summed E-state index contributed by atoms with van der Waals surface area (Å²) in [7, 11) is 1.75. The molecule has 2 aromatic heterocycles. The topological polar surface area (TPSA) is 76.9 Å². The van der Waals surface area contributed by atoms with Gasteiger partial charge in [-0.05, 0) is 32.9 Å². The van der Waals surface area contributed by atoms with Gasteiger partial charge in [0.05, 0.1) is 22.0 Å². The second-order valence-corrected chi connectivity index (χ2v) is 6.84. The first-order chi connectivity index (χ1) is 11.9. The number of aryl methyl sites for hydroxylation is 3. The minimum atomic E-state index is -0.670. The van der Waals surface area contributed by atoms with E-state index in [0.29, 0.717) is 22.6 Å². The van der Waals surface area contributed by atoms with Gasteiger partial charge in [-0.3, -0.25) is 14.3 Å². The molecule has 0 saturated carbocycles. The molecule has 0 atom stereocenters. The Morgan fingerprint density at radius 1 is 1.12 bits per heavy atom. The van der Waals surface area contributed by atoms with Crippen molar-refractivity contribution in [2.24, 2.45) is 7.05 Å². The number of rotatable bonds is 4. The number of benzene rings is 1. The predicted molar refractivity (Wildman–Crippen MR) is 97.9 cm³/mol. The van der Waals surface area contributed by atoms with Gasteiger partial charge in [0.1, 0.15) is 0 Å². The molecule has 0 saturated heterocycles. The van der Waals surface area contributed by atoms with Gasteiger partial charge in [-0.25, -0.2) is 4.98 Å². The molecule has 0 aliphatic carbocycles. The van der Waals surface area contributed by atoms with Crippen molar-refractivity contribution in [1.29, 1.82) is 0 Å². The van der Waals surface area contributed by atoms with Crippen molar-refractivity contribution < 1.29 is 9.59 Å². The number of hydrogen-bond acceptors (Lipinski definition) is 5. The molecule has 0 aliphatic rings. The third kappa shape index (κ3) is 3.36. The Balaban J connectivity index is 1.75. The van der Waals surface area contributed by atoms with Gasteiger partial charge in [0.2, 0.25) is 0 Å². The molecule has 0 aliphatic heterocycles. The largest absolute Gasteiger partial charge is 0.319 e. The van der Waals surface area contributed by atoms with E-state index >= 15 is 0 Å². The highest BCUT2D eigenvalue weighted by molar-refractivity contribution is 7.09. The van der Waals surface area contributed by atoms with Gasteiger partial charge in [0.25, 0.3) is 11.7 Å². The summed E-state index contributed by atoms with van der Waals surface area (Å²) < 4.78 is 1.60. The Bertz CT molecular complexity index is 954. The molecule has 0 fully saturated rings. The molecule has 3 rings (SSSR count). The number of carbonyl (C=O) groups excluding carboxylic acids is 2. The van der Waals surface area contributed by atoms with E-state index in [9.17, 15) is 9.59 Å². The molecule has 0 radical (unpaired) electrons. The van der Waals surface area contributed by atoms with Crippen LogP contribution >= 0.6 is 11.3 Å². The smallest absolute Gasteiger partial charge is 0.296 e. The summed E-state index contributed by atoms with van der Waals surface area (Å²) in [5, 5.41) is 9.81. The van der Waals surface area contributed by atoms with Crippen LogP contribution in [-0.2, 0) is 11.8 Å². The fourth-order valence-electron chi connectivity index (χ4n) is 2.62. The lowest BCUT2D eigenvalue weighted by Gasteiger charge is -2.06. The first-order valence-electron chi connectivity index (χ1n) is 7.75. The second kappa shape index (κ2) is 6.60. The maximum Gasteiger partial charge on any atom is 0.296 e. The van der Waals surface area contributed by atoms with Gasteiger partial charge in [0, 0.05) is 29.4 Å². The third-order valence-corrected chi connectivity index (χ3v) is 4.77. The van der Waals surface area contributed by atoms with Crippen molar-refractivity contribution in [2.45, 2.75) is 20.8 Å². The van der Waals surface area contributed by atoms with Crippen LogP contribution < -0.4 is 5.32 Å². The number of carbonyl (C=O) groups is 2. The van der Waals surface area contributed by atoms with Crippen LogP contribution in [0, 0.1) is 20.8 Å². The highest BCUT2D eigenvalue weighted by Gasteiger charge is 2.23. The van der Waals surface area contributed by atoms with Crippen molar-refractivity contribution in [3.05, 3.63) is 51.6 Å². The van der Waals surface area contributed by atoms with Gasteiger partial charge in [-0.15, -0.1) is 11.3 Å². The molecule has 6 nitrogen and oxygen atoms in total. The van der Waals surface area contributed by atoms with Crippen LogP contribution in [0.15, 0.2) is 29.6 Å². The number of anilines is 1. The van der Waals surface area contributed by atoms with E-state index in [1.54, 1.807) is 49.0 Å². The van der Waals surface area contributed by atoms with Gasteiger partial charge in [-0.1, -0.05) is 12.1 Å². The van der Waals surface area contributed by atoms with Gasteiger partial charge in [0.15, 0.2) is 0 Å². The lowest BCUT2D eigenvalue weighted by Crippen LogP contribution is -2.24. The van der Waals surface area contributed by atoms with E-state index in [-0.39, 0.29) is 0 Å². The van der Waals surface area contributed by atoms with Crippen LogP contribution in [0.1, 0.15) is 26.8 Å². The second-order valence-electron chi connectivity index (χ2n) is 5.78. The Kier molecular flexibility index (Phi) is 4.50. The number of Topliss-reactive ketones (excluding diaryl/α,β-unsaturated/α-hetero) is 1. The number of nitrogens with one attached hydrogen (secondary N) is 1. The van der Waals surface area contributed by atoms with Crippen molar-refractivity contribution in [3.63, 3.8) is 0 Å². The van der Waals surface area contributed by atoms with Crippen molar-refractivity contribution in [3.8, 4) is 11.3 Å². The number of thiazole rings is 1. The molecule has 128 valence electrons. The summed E-state index contributed by atoms with van der Waals surface area (Å²) in [5.74, 6) is -1.25. The van der Waals surface area contributed by atoms with Crippen LogP contribution in [-0.4, -0.2) is 26.5 Å². The quantitative estimate of drug-likeness (QED) is 0.576. The number of hydrogen-bond donors (Lipinski definition) is 1. The molecular weight excluding hydrogens is 336 g/mol. The molecular formula is C18H18N4O2S. The van der Waals surface area contributed by atoms with E-state index in [1.165, 1.54) is 0 Å². The summed E-state index contributed by atoms with van der Waals surface area (Å²) in [4.78, 5) is 29.1. The number of amides is 1.